The summed E-state index contributed by atoms with van der Waals surface area (Å²) < 4.78 is 10.7. The van der Waals surface area contributed by atoms with Crippen molar-refractivity contribution in [3.8, 4) is 11.5 Å². The summed E-state index contributed by atoms with van der Waals surface area (Å²) in [6.45, 7) is 8.51. The Hall–Kier alpha value is -3.28. The van der Waals surface area contributed by atoms with E-state index in [4.69, 9.17) is 9.47 Å². The lowest BCUT2D eigenvalue weighted by atomic mass is 9.86. The van der Waals surface area contributed by atoms with Gasteiger partial charge in [-0.1, -0.05) is 39.0 Å². The maximum Gasteiger partial charge on any atom is 0.229 e. The van der Waals surface area contributed by atoms with Crippen LogP contribution < -0.4 is 20.1 Å². The van der Waals surface area contributed by atoms with E-state index in [1.807, 2.05) is 49.4 Å². The Kier molecular flexibility index (Phi) is 5.92. The molecule has 1 aromatic heterocycles. The van der Waals surface area contributed by atoms with E-state index in [1.54, 1.807) is 14.2 Å². The van der Waals surface area contributed by atoms with E-state index in [-0.39, 0.29) is 5.41 Å². The van der Waals surface area contributed by atoms with Gasteiger partial charge < -0.3 is 20.1 Å². The van der Waals surface area contributed by atoms with Crippen molar-refractivity contribution in [2.75, 3.05) is 24.9 Å². The molecule has 0 radical (unpaired) electrons. The minimum Gasteiger partial charge on any atom is -0.493 e. The van der Waals surface area contributed by atoms with E-state index in [0.29, 0.717) is 23.3 Å². The predicted octanol–water partition coefficient (Wildman–Crippen LogP) is 5.59. The smallest absolute Gasteiger partial charge is 0.229 e. The van der Waals surface area contributed by atoms with Crippen LogP contribution in [-0.4, -0.2) is 24.2 Å². The molecule has 3 aromatic rings. The molecular formula is C23H28N4O2. The minimum atomic E-state index is 0.00808. The zero-order valence-electron chi connectivity index (χ0n) is 17.8. The summed E-state index contributed by atoms with van der Waals surface area (Å²) in [4.78, 5) is 9.19. The quantitative estimate of drug-likeness (QED) is 0.570. The van der Waals surface area contributed by atoms with Crippen molar-refractivity contribution in [3.63, 3.8) is 0 Å². The largest absolute Gasteiger partial charge is 0.493 e. The van der Waals surface area contributed by atoms with Gasteiger partial charge in [-0.3, -0.25) is 0 Å². The van der Waals surface area contributed by atoms with Crippen molar-refractivity contribution < 1.29 is 9.47 Å². The van der Waals surface area contributed by atoms with Gasteiger partial charge in [-0.25, -0.2) is 4.98 Å². The third-order valence-electron chi connectivity index (χ3n) is 4.49. The molecule has 0 aliphatic rings. The van der Waals surface area contributed by atoms with Crippen LogP contribution in [0.2, 0.25) is 0 Å². The van der Waals surface area contributed by atoms with Crippen LogP contribution in [0.5, 0.6) is 11.5 Å². The van der Waals surface area contributed by atoms with Crippen LogP contribution in [0.3, 0.4) is 0 Å². The molecule has 0 bridgehead atoms. The van der Waals surface area contributed by atoms with Gasteiger partial charge >= 0.3 is 0 Å². The predicted molar refractivity (Wildman–Crippen MR) is 118 cm³/mol. The van der Waals surface area contributed by atoms with Gasteiger partial charge in [-0.2, -0.15) is 4.98 Å². The summed E-state index contributed by atoms with van der Waals surface area (Å²) in [5.74, 6) is 2.57. The number of aromatic nitrogens is 2. The highest BCUT2D eigenvalue weighted by Gasteiger charge is 2.18. The van der Waals surface area contributed by atoms with Gasteiger partial charge in [0.15, 0.2) is 11.5 Å². The number of benzene rings is 2. The molecule has 6 heteroatoms. The van der Waals surface area contributed by atoms with Crippen molar-refractivity contribution in [2.24, 2.45) is 0 Å². The van der Waals surface area contributed by atoms with Crippen LogP contribution in [0, 0.1) is 6.92 Å². The first kappa shape index (κ1) is 20.5. The number of hydrogen-bond donors (Lipinski definition) is 2. The molecule has 3 rings (SSSR count). The van der Waals surface area contributed by atoms with Crippen LogP contribution >= 0.6 is 0 Å². The summed E-state index contributed by atoms with van der Waals surface area (Å²) in [6.07, 6.45) is 0. The molecule has 29 heavy (non-hydrogen) atoms. The van der Waals surface area contributed by atoms with Crippen molar-refractivity contribution >= 4 is 23.1 Å². The molecule has 0 atom stereocenters. The number of methoxy groups -OCH3 is 2. The van der Waals surface area contributed by atoms with Crippen LogP contribution in [0.15, 0.2) is 48.5 Å². The van der Waals surface area contributed by atoms with Crippen molar-refractivity contribution in [1.82, 2.24) is 9.97 Å². The van der Waals surface area contributed by atoms with Crippen LogP contribution in [-0.2, 0) is 5.41 Å². The molecule has 1 heterocycles. The first-order chi connectivity index (χ1) is 13.8. The Balaban J connectivity index is 1.88. The summed E-state index contributed by atoms with van der Waals surface area (Å²) in [5.41, 5.74) is 3.93. The molecule has 152 valence electrons. The molecule has 0 aliphatic carbocycles. The van der Waals surface area contributed by atoms with Crippen molar-refractivity contribution in [1.29, 1.82) is 0 Å². The van der Waals surface area contributed by atoms with Gasteiger partial charge in [0.25, 0.3) is 0 Å². The lowest BCUT2D eigenvalue weighted by Gasteiger charge is -2.23. The second-order valence-corrected chi connectivity index (χ2v) is 7.83. The van der Waals surface area contributed by atoms with Gasteiger partial charge in [0.2, 0.25) is 5.95 Å². The second kappa shape index (κ2) is 8.39. The Morgan fingerprint density at radius 1 is 0.828 bits per heavy atom. The van der Waals surface area contributed by atoms with Crippen molar-refractivity contribution in [3.05, 3.63) is 59.8 Å². The van der Waals surface area contributed by atoms with E-state index in [2.05, 4.69) is 47.4 Å². The van der Waals surface area contributed by atoms with Crippen LogP contribution in [0.25, 0.3) is 0 Å². The summed E-state index contributed by atoms with van der Waals surface area (Å²) in [7, 11) is 3.23. The van der Waals surface area contributed by atoms with E-state index < -0.39 is 0 Å². The Bertz CT molecular complexity index is 996. The highest BCUT2D eigenvalue weighted by atomic mass is 16.5. The fourth-order valence-corrected chi connectivity index (χ4v) is 3.12. The fourth-order valence-electron chi connectivity index (χ4n) is 3.12. The highest BCUT2D eigenvalue weighted by molar-refractivity contribution is 5.65. The highest BCUT2D eigenvalue weighted by Crippen LogP contribution is 2.32. The molecule has 2 N–H and O–H groups in total. The fraction of sp³-hybridized carbons (Fsp3) is 0.304. The molecule has 0 fully saturated rings. The second-order valence-electron chi connectivity index (χ2n) is 7.83. The number of aryl methyl sites for hydroxylation is 1. The Labute approximate surface area is 172 Å². The molecular weight excluding hydrogens is 364 g/mol. The third kappa shape index (κ3) is 4.96. The number of para-hydroxylation sites is 1. The monoisotopic (exact) mass is 392 g/mol. The molecule has 0 saturated heterocycles. The van der Waals surface area contributed by atoms with Crippen LogP contribution in [0.1, 0.15) is 32.0 Å². The van der Waals surface area contributed by atoms with Gasteiger partial charge in [0.1, 0.15) is 5.82 Å². The lowest BCUT2D eigenvalue weighted by Crippen LogP contribution is -2.14. The first-order valence-corrected chi connectivity index (χ1v) is 9.51. The molecule has 0 aliphatic heterocycles. The first-order valence-electron chi connectivity index (χ1n) is 9.51. The zero-order valence-corrected chi connectivity index (χ0v) is 17.8. The molecule has 2 aromatic carbocycles. The van der Waals surface area contributed by atoms with Crippen LogP contribution in [0.4, 0.5) is 23.1 Å². The number of hydrogen-bond acceptors (Lipinski definition) is 6. The summed E-state index contributed by atoms with van der Waals surface area (Å²) in [5, 5.41) is 6.70. The number of ether oxygens (including phenoxy) is 2. The van der Waals surface area contributed by atoms with E-state index in [9.17, 15) is 0 Å². The molecule has 0 spiro atoms. The maximum absolute atomic E-state index is 5.38. The van der Waals surface area contributed by atoms with E-state index >= 15 is 0 Å². The third-order valence-corrected chi connectivity index (χ3v) is 4.49. The normalized spacial score (nSPS) is 11.1. The average Bonchev–Trinajstić information content (AvgIpc) is 2.67. The average molecular weight is 393 g/mol. The molecule has 0 saturated carbocycles. The van der Waals surface area contributed by atoms with Crippen molar-refractivity contribution in [2.45, 2.75) is 33.1 Å². The van der Waals surface area contributed by atoms with Gasteiger partial charge in [0.05, 0.1) is 14.2 Å². The van der Waals surface area contributed by atoms with Gasteiger partial charge in [-0.05, 0) is 36.1 Å². The molecule has 0 amide bonds. The molecule has 6 nitrogen and oxygen atoms in total. The lowest BCUT2D eigenvalue weighted by molar-refractivity contribution is 0.355. The SMILES string of the molecule is COc1ccc(Nc2cc(C)nc(Nc3ccccc3C(C)(C)C)n2)cc1OC. The zero-order chi connectivity index (χ0) is 21.0. The summed E-state index contributed by atoms with van der Waals surface area (Å²) in [6, 6.07) is 15.8. The van der Waals surface area contributed by atoms with Gasteiger partial charge in [0, 0.05) is 29.2 Å². The standard InChI is InChI=1S/C23H28N4O2/c1-15-13-21(25-16-11-12-19(28-5)20(14-16)29-6)27-22(24-15)26-18-10-8-7-9-17(18)23(2,3)4/h7-14H,1-6H3,(H2,24,25,26,27). The maximum atomic E-state index is 5.38. The Morgan fingerprint density at radius 2 is 1.55 bits per heavy atom. The van der Waals surface area contributed by atoms with E-state index in [1.165, 1.54) is 5.56 Å². The Morgan fingerprint density at radius 3 is 2.24 bits per heavy atom. The number of anilines is 4. The summed E-state index contributed by atoms with van der Waals surface area (Å²) >= 11 is 0. The number of nitrogens with one attached hydrogen (secondary N) is 2. The van der Waals surface area contributed by atoms with E-state index in [0.717, 1.165) is 17.1 Å². The number of rotatable bonds is 6. The van der Waals surface area contributed by atoms with Gasteiger partial charge in [-0.15, -0.1) is 0 Å². The number of nitrogens with zero attached hydrogens (tertiary/aromatic N) is 2. The molecule has 0 unspecified atom stereocenters. The minimum absolute atomic E-state index is 0.00808. The topological polar surface area (TPSA) is 68.3 Å².